The Morgan fingerprint density at radius 1 is 1.31 bits per heavy atom. The highest BCUT2D eigenvalue weighted by molar-refractivity contribution is 4.63. The van der Waals surface area contributed by atoms with Crippen LogP contribution in [0.1, 0.15) is 20.3 Å². The van der Waals surface area contributed by atoms with Crippen LogP contribution in [-0.2, 0) is 0 Å². The Morgan fingerprint density at radius 3 is 2.46 bits per heavy atom. The van der Waals surface area contributed by atoms with Gasteiger partial charge in [-0.05, 0) is 13.3 Å². The van der Waals surface area contributed by atoms with Gasteiger partial charge in [-0.15, -0.1) is 0 Å². The summed E-state index contributed by atoms with van der Waals surface area (Å²) >= 11 is 0. The fourth-order valence-corrected chi connectivity index (χ4v) is 1.01. The number of hydrogen-bond donors (Lipinski definition) is 4. The molecule has 13 heavy (non-hydrogen) atoms. The van der Waals surface area contributed by atoms with Crippen molar-refractivity contribution in [2.24, 2.45) is 0 Å². The average molecular weight is 190 g/mol. The standard InChI is InChI=1S/C9H22N2O2/c1-3-9(7-12)11-5-4-10-6-8(2)13/h8-13H,3-7H2,1-2H3/t8-,9+/m1/s1. The van der Waals surface area contributed by atoms with E-state index in [2.05, 4.69) is 10.6 Å². The zero-order valence-corrected chi connectivity index (χ0v) is 8.58. The quantitative estimate of drug-likeness (QED) is 0.383. The molecule has 0 radical (unpaired) electrons. The van der Waals surface area contributed by atoms with Gasteiger partial charge in [-0.3, -0.25) is 0 Å². The fourth-order valence-electron chi connectivity index (χ4n) is 1.01. The monoisotopic (exact) mass is 190 g/mol. The van der Waals surface area contributed by atoms with Crippen molar-refractivity contribution in [2.75, 3.05) is 26.2 Å². The predicted octanol–water partition coefficient (Wildman–Crippen LogP) is -0.683. The summed E-state index contributed by atoms with van der Waals surface area (Å²) in [4.78, 5) is 0. The van der Waals surface area contributed by atoms with Gasteiger partial charge in [-0.1, -0.05) is 6.92 Å². The van der Waals surface area contributed by atoms with E-state index < -0.39 is 0 Å². The molecule has 0 rings (SSSR count). The van der Waals surface area contributed by atoms with Crippen molar-refractivity contribution in [1.29, 1.82) is 0 Å². The van der Waals surface area contributed by atoms with Gasteiger partial charge in [0.1, 0.15) is 0 Å². The Balaban J connectivity index is 3.14. The molecule has 0 aromatic carbocycles. The summed E-state index contributed by atoms with van der Waals surface area (Å²) < 4.78 is 0. The lowest BCUT2D eigenvalue weighted by Gasteiger charge is -2.14. The summed E-state index contributed by atoms with van der Waals surface area (Å²) in [6.45, 7) is 6.25. The molecule has 0 heterocycles. The third-order valence-electron chi connectivity index (χ3n) is 1.89. The van der Waals surface area contributed by atoms with E-state index in [9.17, 15) is 0 Å². The Kier molecular flexibility index (Phi) is 8.33. The van der Waals surface area contributed by atoms with Gasteiger partial charge in [0, 0.05) is 25.7 Å². The van der Waals surface area contributed by atoms with Crippen LogP contribution in [0.4, 0.5) is 0 Å². The average Bonchev–Trinajstić information content (AvgIpc) is 2.11. The molecular formula is C9H22N2O2. The third kappa shape index (κ3) is 8.18. The van der Waals surface area contributed by atoms with Gasteiger partial charge >= 0.3 is 0 Å². The van der Waals surface area contributed by atoms with Crippen molar-refractivity contribution in [3.63, 3.8) is 0 Å². The Labute approximate surface area is 80.3 Å². The van der Waals surface area contributed by atoms with Gasteiger partial charge in [0.05, 0.1) is 12.7 Å². The molecular weight excluding hydrogens is 168 g/mol. The van der Waals surface area contributed by atoms with Crippen LogP contribution in [0.5, 0.6) is 0 Å². The maximum atomic E-state index is 8.93. The van der Waals surface area contributed by atoms with Crippen molar-refractivity contribution in [2.45, 2.75) is 32.4 Å². The Morgan fingerprint density at radius 2 is 2.00 bits per heavy atom. The summed E-state index contributed by atoms with van der Waals surface area (Å²) in [5, 5.41) is 24.1. The van der Waals surface area contributed by atoms with E-state index >= 15 is 0 Å². The van der Waals surface area contributed by atoms with Crippen LogP contribution in [-0.4, -0.2) is 48.6 Å². The minimum atomic E-state index is -0.292. The van der Waals surface area contributed by atoms with E-state index in [0.717, 1.165) is 19.5 Å². The van der Waals surface area contributed by atoms with Gasteiger partial charge in [0.15, 0.2) is 0 Å². The maximum Gasteiger partial charge on any atom is 0.0636 e. The van der Waals surface area contributed by atoms with E-state index in [4.69, 9.17) is 10.2 Å². The van der Waals surface area contributed by atoms with Crippen molar-refractivity contribution in [3.05, 3.63) is 0 Å². The molecule has 0 aliphatic rings. The van der Waals surface area contributed by atoms with E-state index in [1.54, 1.807) is 6.92 Å². The highest BCUT2D eigenvalue weighted by Gasteiger charge is 2.01. The molecule has 4 nitrogen and oxygen atoms in total. The summed E-state index contributed by atoms with van der Waals surface area (Å²) in [5.41, 5.74) is 0. The van der Waals surface area contributed by atoms with Crippen molar-refractivity contribution in [3.8, 4) is 0 Å². The van der Waals surface area contributed by atoms with Crippen LogP contribution in [0, 0.1) is 0 Å². The molecule has 0 unspecified atom stereocenters. The van der Waals surface area contributed by atoms with E-state index in [1.807, 2.05) is 6.92 Å². The van der Waals surface area contributed by atoms with E-state index in [1.165, 1.54) is 0 Å². The molecule has 0 aromatic rings. The molecule has 0 aliphatic heterocycles. The molecule has 0 bridgehead atoms. The topological polar surface area (TPSA) is 64.5 Å². The van der Waals surface area contributed by atoms with Crippen molar-refractivity contribution >= 4 is 0 Å². The largest absolute Gasteiger partial charge is 0.395 e. The smallest absolute Gasteiger partial charge is 0.0636 e. The minimum absolute atomic E-state index is 0.187. The second-order valence-electron chi connectivity index (χ2n) is 3.30. The fraction of sp³-hybridized carbons (Fsp3) is 1.00. The Bertz CT molecular complexity index is 106. The molecule has 4 N–H and O–H groups in total. The molecule has 0 fully saturated rings. The second-order valence-corrected chi connectivity index (χ2v) is 3.30. The summed E-state index contributed by atoms with van der Waals surface area (Å²) in [7, 11) is 0. The first kappa shape index (κ1) is 12.8. The van der Waals surface area contributed by atoms with Crippen LogP contribution < -0.4 is 10.6 Å². The first-order valence-corrected chi connectivity index (χ1v) is 4.93. The van der Waals surface area contributed by atoms with Crippen LogP contribution in [0.3, 0.4) is 0 Å². The molecule has 0 saturated carbocycles. The van der Waals surface area contributed by atoms with Crippen LogP contribution in [0.2, 0.25) is 0 Å². The molecule has 4 heteroatoms. The van der Waals surface area contributed by atoms with E-state index in [0.29, 0.717) is 6.54 Å². The zero-order chi connectivity index (χ0) is 10.1. The molecule has 0 spiro atoms. The van der Waals surface area contributed by atoms with Crippen LogP contribution in [0.25, 0.3) is 0 Å². The summed E-state index contributed by atoms with van der Waals surface area (Å²) in [6.07, 6.45) is 0.646. The van der Waals surface area contributed by atoms with Crippen LogP contribution in [0.15, 0.2) is 0 Å². The van der Waals surface area contributed by atoms with Crippen molar-refractivity contribution in [1.82, 2.24) is 10.6 Å². The number of rotatable bonds is 8. The first-order valence-electron chi connectivity index (χ1n) is 4.93. The minimum Gasteiger partial charge on any atom is -0.395 e. The van der Waals surface area contributed by atoms with Crippen molar-refractivity contribution < 1.29 is 10.2 Å². The van der Waals surface area contributed by atoms with E-state index in [-0.39, 0.29) is 18.8 Å². The lowest BCUT2D eigenvalue weighted by molar-refractivity contribution is 0.190. The summed E-state index contributed by atoms with van der Waals surface area (Å²) in [6, 6.07) is 0.202. The van der Waals surface area contributed by atoms with Crippen LogP contribution >= 0.6 is 0 Å². The summed E-state index contributed by atoms with van der Waals surface area (Å²) in [5.74, 6) is 0. The van der Waals surface area contributed by atoms with Gasteiger partial charge in [0.2, 0.25) is 0 Å². The molecule has 2 atom stereocenters. The Hall–Kier alpha value is -0.160. The van der Waals surface area contributed by atoms with Gasteiger partial charge < -0.3 is 20.8 Å². The molecule has 0 aromatic heterocycles. The SMILES string of the molecule is CC[C@@H](CO)NCCNC[C@@H](C)O. The lowest BCUT2D eigenvalue weighted by atomic mass is 10.2. The maximum absolute atomic E-state index is 8.93. The number of nitrogens with one attached hydrogen (secondary N) is 2. The van der Waals surface area contributed by atoms with Gasteiger partial charge in [-0.25, -0.2) is 0 Å². The van der Waals surface area contributed by atoms with Gasteiger partial charge in [0.25, 0.3) is 0 Å². The van der Waals surface area contributed by atoms with Gasteiger partial charge in [-0.2, -0.15) is 0 Å². The highest BCUT2D eigenvalue weighted by Crippen LogP contribution is 1.86. The second kappa shape index (κ2) is 8.44. The first-order chi connectivity index (χ1) is 6.20. The normalized spacial score (nSPS) is 15.7. The molecule has 80 valence electrons. The molecule has 0 aliphatic carbocycles. The molecule has 0 amide bonds. The number of aliphatic hydroxyl groups excluding tert-OH is 2. The highest BCUT2D eigenvalue weighted by atomic mass is 16.3. The zero-order valence-electron chi connectivity index (χ0n) is 8.58. The predicted molar refractivity (Wildman–Crippen MR) is 53.7 cm³/mol. The molecule has 0 saturated heterocycles. The lowest BCUT2D eigenvalue weighted by Crippen LogP contribution is -2.38. The number of hydrogen-bond acceptors (Lipinski definition) is 4. The third-order valence-corrected chi connectivity index (χ3v) is 1.89. The number of aliphatic hydroxyl groups is 2.